The molecule has 0 aliphatic carbocycles. The number of rotatable bonds is 8. The Morgan fingerprint density at radius 1 is 1.27 bits per heavy atom. The van der Waals surface area contributed by atoms with E-state index in [2.05, 4.69) is 36.0 Å². The van der Waals surface area contributed by atoms with Gasteiger partial charge in [-0.15, -0.1) is 0 Å². The first kappa shape index (κ1) is 20.2. The zero-order valence-corrected chi connectivity index (χ0v) is 16.4. The molecule has 1 saturated heterocycles. The van der Waals surface area contributed by atoms with Crippen molar-refractivity contribution in [3.05, 3.63) is 42.1 Å². The van der Waals surface area contributed by atoms with E-state index in [1.54, 1.807) is 11.8 Å². The number of nitrogens with zero attached hydrogens (tertiary/aromatic N) is 1. The van der Waals surface area contributed by atoms with Gasteiger partial charge in [-0.1, -0.05) is 18.7 Å². The second kappa shape index (κ2) is 9.52. The zero-order valence-electron chi connectivity index (χ0n) is 15.6. The van der Waals surface area contributed by atoms with Gasteiger partial charge in [0.05, 0.1) is 6.04 Å². The molecule has 2 N–H and O–H groups in total. The van der Waals surface area contributed by atoms with Crippen molar-refractivity contribution in [2.45, 2.75) is 19.9 Å². The summed E-state index contributed by atoms with van der Waals surface area (Å²) in [6, 6.07) is 7.05. The van der Waals surface area contributed by atoms with E-state index in [4.69, 9.17) is 4.74 Å². The van der Waals surface area contributed by atoms with Crippen molar-refractivity contribution in [2.24, 2.45) is 5.92 Å². The molecule has 1 fully saturated rings. The van der Waals surface area contributed by atoms with Gasteiger partial charge in [0.1, 0.15) is 12.5 Å². The summed E-state index contributed by atoms with van der Waals surface area (Å²) in [5, 5.41) is 5.42. The van der Waals surface area contributed by atoms with Crippen LogP contribution in [0.2, 0.25) is 0 Å². The van der Waals surface area contributed by atoms with Crippen molar-refractivity contribution < 1.29 is 14.3 Å². The molecule has 6 nitrogen and oxygen atoms in total. The minimum Gasteiger partial charge on any atom is -0.464 e. The molecule has 0 saturated carbocycles. The highest BCUT2D eigenvalue weighted by molar-refractivity contribution is 7.98. The number of hydrogen-bond donors (Lipinski definition) is 2. The third kappa shape index (κ3) is 4.72. The lowest BCUT2D eigenvalue weighted by Crippen LogP contribution is -2.51. The Morgan fingerprint density at radius 2 is 1.92 bits per heavy atom. The molecule has 26 heavy (non-hydrogen) atoms. The van der Waals surface area contributed by atoms with Gasteiger partial charge in [-0.2, -0.15) is 11.8 Å². The van der Waals surface area contributed by atoms with Gasteiger partial charge in [0.2, 0.25) is 0 Å². The minimum absolute atomic E-state index is 0.339. The van der Waals surface area contributed by atoms with Crippen LogP contribution in [0.25, 0.3) is 0 Å². The fourth-order valence-electron chi connectivity index (χ4n) is 3.04. The number of hydrogen-bond acceptors (Lipinski definition) is 5. The van der Waals surface area contributed by atoms with Crippen molar-refractivity contribution in [1.29, 1.82) is 0 Å². The molecule has 7 heteroatoms. The van der Waals surface area contributed by atoms with Gasteiger partial charge in [0, 0.05) is 30.2 Å². The first-order valence-electron chi connectivity index (χ1n) is 8.78. The summed E-state index contributed by atoms with van der Waals surface area (Å²) in [5.41, 5.74) is 2.32. The third-order valence-electron chi connectivity index (χ3n) is 4.44. The van der Waals surface area contributed by atoms with Crippen LogP contribution in [0.5, 0.6) is 0 Å². The van der Waals surface area contributed by atoms with Crippen LogP contribution in [0.4, 0.5) is 10.5 Å². The molecule has 142 valence electrons. The second-order valence-corrected chi connectivity index (χ2v) is 6.99. The lowest BCUT2D eigenvalue weighted by Gasteiger charge is -2.33. The number of ether oxygens (including phenoxy) is 1. The van der Waals surface area contributed by atoms with E-state index in [0.717, 1.165) is 30.1 Å². The highest BCUT2D eigenvalue weighted by Crippen LogP contribution is 2.31. The van der Waals surface area contributed by atoms with Crippen molar-refractivity contribution in [3.63, 3.8) is 0 Å². The number of urea groups is 1. The Bertz CT molecular complexity index is 644. The van der Waals surface area contributed by atoms with E-state index >= 15 is 0 Å². The Hall–Kier alpha value is -2.15. The third-order valence-corrected chi connectivity index (χ3v) is 5.01. The summed E-state index contributed by atoms with van der Waals surface area (Å²) in [4.78, 5) is 26.7. The van der Waals surface area contributed by atoms with Crippen LogP contribution in [0.3, 0.4) is 0 Å². The minimum atomic E-state index is -0.658. The zero-order chi connectivity index (χ0) is 19.1. The molecule has 1 heterocycles. The maximum absolute atomic E-state index is 12.5. The van der Waals surface area contributed by atoms with Crippen LogP contribution >= 0.6 is 11.8 Å². The molecule has 0 aromatic heterocycles. The van der Waals surface area contributed by atoms with Crippen LogP contribution in [0.15, 0.2) is 36.5 Å². The summed E-state index contributed by atoms with van der Waals surface area (Å²) in [6.07, 6.45) is 1.95. The molecule has 1 aliphatic rings. The van der Waals surface area contributed by atoms with Crippen molar-refractivity contribution in [2.75, 3.05) is 36.6 Å². The Labute approximate surface area is 159 Å². The topological polar surface area (TPSA) is 70.7 Å². The number of thioether (sulfide) groups is 1. The van der Waals surface area contributed by atoms with Crippen LogP contribution in [-0.2, 0) is 9.53 Å². The average Bonchev–Trinajstić information content (AvgIpc) is 2.62. The average molecular weight is 378 g/mol. The number of amides is 2. The smallest absolute Gasteiger partial charge is 0.319 e. The standard InChI is InChI=1S/C19H27N3O3S/c1-5-22(6-2)15-9-7-14(8-10-15)17-16(13(3)20-19(24)21-17)18(23)25-11-12-26-4/h7-10,16-17H,3,5-6,11-12H2,1-2,4H3,(H2,20,21,24)/t16-,17+/m0/s1. The molecule has 2 atom stereocenters. The number of nitrogens with one attached hydrogen (secondary N) is 2. The summed E-state index contributed by atoms with van der Waals surface area (Å²) >= 11 is 1.61. The Morgan fingerprint density at radius 3 is 2.50 bits per heavy atom. The Kier molecular flexibility index (Phi) is 7.38. The first-order valence-corrected chi connectivity index (χ1v) is 10.2. The molecule has 0 spiro atoms. The fraction of sp³-hybridized carbons (Fsp3) is 0.474. The lowest BCUT2D eigenvalue weighted by atomic mass is 9.89. The largest absolute Gasteiger partial charge is 0.464 e. The van der Waals surface area contributed by atoms with Gasteiger partial charge in [0.25, 0.3) is 0 Å². The van der Waals surface area contributed by atoms with Crippen LogP contribution in [0, 0.1) is 5.92 Å². The lowest BCUT2D eigenvalue weighted by molar-refractivity contribution is -0.147. The summed E-state index contributed by atoms with van der Waals surface area (Å²) < 4.78 is 5.36. The van der Waals surface area contributed by atoms with E-state index in [1.165, 1.54) is 0 Å². The van der Waals surface area contributed by atoms with Gasteiger partial charge in [-0.05, 0) is 37.8 Å². The fourth-order valence-corrected chi connectivity index (χ4v) is 3.29. The van der Waals surface area contributed by atoms with Gasteiger partial charge in [-0.3, -0.25) is 4.79 Å². The van der Waals surface area contributed by atoms with Gasteiger partial charge in [0.15, 0.2) is 0 Å². The van der Waals surface area contributed by atoms with E-state index in [1.807, 2.05) is 30.5 Å². The highest BCUT2D eigenvalue weighted by Gasteiger charge is 2.38. The maximum Gasteiger partial charge on any atom is 0.319 e. The molecular weight excluding hydrogens is 350 g/mol. The summed E-state index contributed by atoms with van der Waals surface area (Å²) in [5.74, 6) is -0.309. The van der Waals surface area contributed by atoms with Crippen LogP contribution in [-0.4, -0.2) is 43.7 Å². The maximum atomic E-state index is 12.5. The predicted molar refractivity (Wildman–Crippen MR) is 106 cm³/mol. The van der Waals surface area contributed by atoms with Crippen molar-refractivity contribution in [1.82, 2.24) is 10.6 Å². The van der Waals surface area contributed by atoms with Crippen LogP contribution in [0.1, 0.15) is 25.5 Å². The van der Waals surface area contributed by atoms with Gasteiger partial charge in [-0.25, -0.2) is 4.79 Å². The molecule has 1 aromatic rings. The summed E-state index contributed by atoms with van der Waals surface area (Å²) in [6.45, 7) is 10.2. The number of anilines is 1. The monoisotopic (exact) mass is 377 g/mol. The van der Waals surface area contributed by atoms with Crippen molar-refractivity contribution >= 4 is 29.4 Å². The van der Waals surface area contributed by atoms with E-state index in [9.17, 15) is 9.59 Å². The van der Waals surface area contributed by atoms with E-state index in [0.29, 0.717) is 12.3 Å². The molecule has 2 amide bonds. The van der Waals surface area contributed by atoms with Gasteiger partial charge >= 0.3 is 12.0 Å². The Balaban J connectivity index is 2.22. The molecule has 0 unspecified atom stereocenters. The summed E-state index contributed by atoms with van der Waals surface area (Å²) in [7, 11) is 0. The van der Waals surface area contributed by atoms with Crippen LogP contribution < -0.4 is 15.5 Å². The number of benzene rings is 1. The number of carbonyl (C=O) groups is 2. The first-order chi connectivity index (χ1) is 12.5. The molecule has 1 aromatic carbocycles. The number of esters is 1. The molecule has 0 bridgehead atoms. The molecule has 1 aliphatic heterocycles. The molecular formula is C19H27N3O3S. The van der Waals surface area contributed by atoms with Crippen molar-refractivity contribution in [3.8, 4) is 0 Å². The second-order valence-electron chi connectivity index (χ2n) is 6.00. The SMILES string of the molecule is C=C1NC(=O)N[C@H](c2ccc(N(CC)CC)cc2)[C@H]1C(=O)OCCSC. The molecule has 2 rings (SSSR count). The normalized spacial score (nSPS) is 19.5. The number of carbonyl (C=O) groups excluding carboxylic acids is 2. The van der Waals surface area contributed by atoms with E-state index in [-0.39, 0.29) is 12.0 Å². The quantitative estimate of drug-likeness (QED) is 0.538. The van der Waals surface area contributed by atoms with E-state index < -0.39 is 12.0 Å². The van der Waals surface area contributed by atoms with Gasteiger partial charge < -0.3 is 20.3 Å². The molecule has 0 radical (unpaired) electrons. The predicted octanol–water partition coefficient (Wildman–Crippen LogP) is 2.92. The highest BCUT2D eigenvalue weighted by atomic mass is 32.2.